The lowest BCUT2D eigenvalue weighted by atomic mass is 10.0. The van der Waals surface area contributed by atoms with Crippen molar-refractivity contribution in [3.63, 3.8) is 0 Å². The Kier molecular flexibility index (Phi) is 42.5. The van der Waals surface area contributed by atoms with Crippen molar-refractivity contribution >= 4 is 13.7 Å². The number of allylic oxidation sites excluding steroid dienone is 3. The van der Waals surface area contributed by atoms with E-state index in [1.54, 1.807) is 6.08 Å². The molecule has 0 spiro atoms. The van der Waals surface area contributed by atoms with E-state index in [1.165, 1.54) is 180 Å². The van der Waals surface area contributed by atoms with Crippen LogP contribution in [0.1, 0.15) is 245 Å². The number of phosphoric acid groups is 1. The van der Waals surface area contributed by atoms with Gasteiger partial charge in [0.15, 0.2) is 0 Å². The molecule has 1 amide bonds. The van der Waals surface area contributed by atoms with Gasteiger partial charge in [-0.25, -0.2) is 0 Å². The molecule has 0 aliphatic rings. The number of amides is 1. The third-order valence-corrected chi connectivity index (χ3v) is 12.6. The van der Waals surface area contributed by atoms with E-state index < -0.39 is 20.0 Å². The SMILES string of the molecule is CCCCC/C=C/C(O)C(COP(=O)([O-])OCC[N+](C)(C)C)NC(=O)CCCCCCCCCCCCCCCCCCCCCCC/C=C\CCCCCCCCCC. The van der Waals surface area contributed by atoms with Crippen molar-refractivity contribution in [1.29, 1.82) is 0 Å². The molecule has 0 saturated heterocycles. The number of hydrogen-bond acceptors (Lipinski definition) is 6. The van der Waals surface area contributed by atoms with Crippen molar-refractivity contribution in [3.05, 3.63) is 24.3 Å². The van der Waals surface area contributed by atoms with Gasteiger partial charge in [0, 0.05) is 6.42 Å². The van der Waals surface area contributed by atoms with Crippen molar-refractivity contribution in [1.82, 2.24) is 5.32 Å². The minimum atomic E-state index is -4.57. The molecule has 3 atom stereocenters. The summed E-state index contributed by atoms with van der Waals surface area (Å²) in [4.78, 5) is 25.1. The smallest absolute Gasteiger partial charge is 0.268 e. The fraction of sp³-hybridized carbons (Fsp3) is 0.902. The molecule has 8 nitrogen and oxygen atoms in total. The minimum absolute atomic E-state index is 0.0000388. The molecule has 0 aromatic rings. The number of carbonyl (C=O) groups excluding carboxylic acids is 1. The summed E-state index contributed by atoms with van der Waals surface area (Å²) in [5.41, 5.74) is 0. The zero-order chi connectivity index (χ0) is 44.3. The topological polar surface area (TPSA) is 108 Å². The molecule has 0 heterocycles. The average Bonchev–Trinajstić information content (AvgIpc) is 3.20. The van der Waals surface area contributed by atoms with E-state index in [0.29, 0.717) is 17.4 Å². The molecule has 0 bridgehead atoms. The van der Waals surface area contributed by atoms with E-state index in [-0.39, 0.29) is 19.1 Å². The highest BCUT2D eigenvalue weighted by Gasteiger charge is 2.23. The fourth-order valence-corrected chi connectivity index (χ4v) is 8.28. The third-order valence-electron chi connectivity index (χ3n) is 11.7. The lowest BCUT2D eigenvalue weighted by molar-refractivity contribution is -0.870. The molecule has 0 radical (unpaired) electrons. The van der Waals surface area contributed by atoms with E-state index in [1.807, 2.05) is 27.2 Å². The number of nitrogens with one attached hydrogen (secondary N) is 1. The maximum absolute atomic E-state index is 12.8. The number of quaternary nitrogens is 1. The molecule has 3 unspecified atom stereocenters. The van der Waals surface area contributed by atoms with Gasteiger partial charge in [-0.2, -0.15) is 0 Å². The Morgan fingerprint density at radius 2 is 0.917 bits per heavy atom. The van der Waals surface area contributed by atoms with E-state index in [0.717, 1.165) is 44.9 Å². The number of aliphatic hydroxyl groups is 1. The van der Waals surface area contributed by atoms with Gasteiger partial charge in [-0.1, -0.05) is 218 Å². The van der Waals surface area contributed by atoms with Crippen LogP contribution in [0, 0.1) is 0 Å². The molecule has 0 aliphatic heterocycles. The quantitative estimate of drug-likeness (QED) is 0.0273. The van der Waals surface area contributed by atoms with Gasteiger partial charge in [0.25, 0.3) is 7.82 Å². The number of rotatable bonds is 47. The summed E-state index contributed by atoms with van der Waals surface area (Å²) in [5, 5.41) is 13.6. The summed E-state index contributed by atoms with van der Waals surface area (Å²) in [7, 11) is 1.26. The summed E-state index contributed by atoms with van der Waals surface area (Å²) < 4.78 is 23.0. The largest absolute Gasteiger partial charge is 0.756 e. The van der Waals surface area contributed by atoms with Crippen molar-refractivity contribution in [3.8, 4) is 0 Å². The second-order valence-corrected chi connectivity index (χ2v) is 20.3. The maximum Gasteiger partial charge on any atom is 0.268 e. The normalized spacial score (nSPS) is 14.3. The maximum atomic E-state index is 12.8. The summed E-state index contributed by atoms with van der Waals surface area (Å²) in [6.07, 6.45) is 53.2. The second kappa shape index (κ2) is 43.2. The predicted molar refractivity (Wildman–Crippen MR) is 256 cm³/mol. The summed E-state index contributed by atoms with van der Waals surface area (Å²) in [5.74, 6) is -0.201. The van der Waals surface area contributed by atoms with Crippen LogP contribution in [0.15, 0.2) is 24.3 Å². The zero-order valence-electron chi connectivity index (χ0n) is 40.4. The number of phosphoric ester groups is 1. The fourth-order valence-electron chi connectivity index (χ4n) is 7.56. The molecule has 356 valence electrons. The summed E-state index contributed by atoms with van der Waals surface area (Å²) in [6, 6.07) is -0.879. The average molecular weight is 869 g/mol. The van der Waals surface area contributed by atoms with Gasteiger partial charge in [0.1, 0.15) is 13.2 Å². The van der Waals surface area contributed by atoms with Crippen LogP contribution >= 0.6 is 7.82 Å². The van der Waals surface area contributed by atoms with Gasteiger partial charge < -0.3 is 28.8 Å². The van der Waals surface area contributed by atoms with E-state index in [9.17, 15) is 19.4 Å². The monoisotopic (exact) mass is 869 g/mol. The highest BCUT2D eigenvalue weighted by molar-refractivity contribution is 7.45. The molecule has 0 aromatic heterocycles. The summed E-state index contributed by atoms with van der Waals surface area (Å²) in [6.45, 7) is 4.54. The van der Waals surface area contributed by atoms with Crippen LogP contribution in [0.25, 0.3) is 0 Å². The van der Waals surface area contributed by atoms with Crippen molar-refractivity contribution in [2.24, 2.45) is 0 Å². The standard InChI is InChI=1S/C51H101N2O6P/c1-6-8-10-12-13-14-15-16-17-18-19-20-21-22-23-24-25-26-27-28-29-30-31-32-33-34-35-36-37-38-39-41-43-45-51(55)52-49(50(54)44-42-40-11-9-7-2)48-59-60(56,57)58-47-46-53(3,4)5/h18-19,42,44,49-50,54H,6-17,20-41,43,45-48H2,1-5H3,(H-,52,55,56,57)/b19-18-,44-42+. The van der Waals surface area contributed by atoms with Gasteiger partial charge in [0.2, 0.25) is 5.91 Å². The Bertz CT molecular complexity index is 1030. The molecule has 60 heavy (non-hydrogen) atoms. The molecular weight excluding hydrogens is 768 g/mol. The molecule has 0 aliphatic carbocycles. The molecule has 0 saturated carbocycles. The van der Waals surface area contributed by atoms with Gasteiger partial charge in [-0.05, 0) is 44.9 Å². The van der Waals surface area contributed by atoms with Crippen LogP contribution < -0.4 is 10.2 Å². The van der Waals surface area contributed by atoms with Gasteiger partial charge in [-0.15, -0.1) is 0 Å². The Balaban J connectivity index is 3.76. The molecule has 0 fully saturated rings. The lowest BCUT2D eigenvalue weighted by Crippen LogP contribution is -2.45. The minimum Gasteiger partial charge on any atom is -0.756 e. The van der Waals surface area contributed by atoms with Gasteiger partial charge in [-0.3, -0.25) is 9.36 Å². The predicted octanol–water partition coefficient (Wildman–Crippen LogP) is 14.2. The first kappa shape index (κ1) is 59.0. The highest BCUT2D eigenvalue weighted by atomic mass is 31.2. The molecular formula is C51H101N2O6P. The second-order valence-electron chi connectivity index (χ2n) is 18.9. The number of aliphatic hydroxyl groups excluding tert-OH is 1. The Morgan fingerprint density at radius 3 is 1.33 bits per heavy atom. The number of hydrogen-bond donors (Lipinski definition) is 2. The van der Waals surface area contributed by atoms with Crippen molar-refractivity contribution in [2.45, 2.75) is 257 Å². The first-order valence-corrected chi connectivity index (χ1v) is 27.2. The first-order chi connectivity index (χ1) is 29.0. The molecule has 2 N–H and O–H groups in total. The summed E-state index contributed by atoms with van der Waals surface area (Å²) >= 11 is 0. The Morgan fingerprint density at radius 1 is 0.567 bits per heavy atom. The van der Waals surface area contributed by atoms with E-state index >= 15 is 0 Å². The van der Waals surface area contributed by atoms with Crippen molar-refractivity contribution < 1.29 is 32.9 Å². The van der Waals surface area contributed by atoms with Crippen LogP contribution in [-0.4, -0.2) is 68.5 Å². The van der Waals surface area contributed by atoms with Crippen LogP contribution in [0.5, 0.6) is 0 Å². The Hall–Kier alpha value is -1.02. The lowest BCUT2D eigenvalue weighted by Gasteiger charge is -2.29. The molecule has 0 rings (SSSR count). The third kappa shape index (κ3) is 45.0. The van der Waals surface area contributed by atoms with Crippen LogP contribution in [0.4, 0.5) is 0 Å². The first-order valence-electron chi connectivity index (χ1n) is 25.7. The van der Waals surface area contributed by atoms with E-state index in [4.69, 9.17) is 9.05 Å². The molecule has 0 aromatic carbocycles. The zero-order valence-corrected chi connectivity index (χ0v) is 41.3. The van der Waals surface area contributed by atoms with Gasteiger partial charge >= 0.3 is 0 Å². The van der Waals surface area contributed by atoms with Crippen LogP contribution in [0.2, 0.25) is 0 Å². The number of carbonyl (C=O) groups is 1. The number of nitrogens with zero attached hydrogens (tertiary/aromatic N) is 1. The van der Waals surface area contributed by atoms with Crippen LogP contribution in [0.3, 0.4) is 0 Å². The number of likely N-dealkylation sites (N-methyl/N-ethyl adjacent to an activating group) is 1. The van der Waals surface area contributed by atoms with Crippen molar-refractivity contribution in [2.75, 3.05) is 40.9 Å². The van der Waals surface area contributed by atoms with Gasteiger partial charge in [0.05, 0.1) is 39.9 Å². The van der Waals surface area contributed by atoms with E-state index in [2.05, 4.69) is 31.3 Å². The Labute approximate surface area is 373 Å². The highest BCUT2D eigenvalue weighted by Crippen LogP contribution is 2.38. The molecule has 9 heteroatoms. The van der Waals surface area contributed by atoms with Crippen LogP contribution in [-0.2, 0) is 18.4 Å². The number of unbranched alkanes of at least 4 members (excludes halogenated alkanes) is 32.